The highest BCUT2D eigenvalue weighted by Crippen LogP contribution is 2.59. The third kappa shape index (κ3) is 11.4. The molecular weight excluding hydrogens is 1750 g/mol. The van der Waals surface area contributed by atoms with E-state index < -0.39 is 21.4 Å². The quantitative estimate of drug-likeness (QED) is 0.0810. The average molecular weight is 1830 g/mol. The van der Waals surface area contributed by atoms with E-state index in [2.05, 4.69) is 275 Å². The number of rotatable bonds is 9. The molecule has 0 N–H and O–H groups in total. The third-order valence-electron chi connectivity index (χ3n) is 30.0. The monoisotopic (exact) mass is 1830 g/mol. The summed E-state index contributed by atoms with van der Waals surface area (Å²) in [6.07, 6.45) is 19.1. The number of imidazole rings is 3. The molecule has 8 aliphatic rings. The largest absolute Gasteiger partial charge is 0.308 e. The molecule has 3 aromatic heterocycles. The van der Waals surface area contributed by atoms with Crippen molar-refractivity contribution in [3.8, 4) is 95.7 Å². The van der Waals surface area contributed by atoms with Gasteiger partial charge in [0, 0.05) is 70.3 Å². The second-order valence-electron chi connectivity index (χ2n) is 37.1. The van der Waals surface area contributed by atoms with Crippen molar-refractivity contribution >= 4 is 162 Å². The highest BCUT2D eigenvalue weighted by Gasteiger charge is 2.46. The third-order valence-corrected chi connectivity index (χ3v) is 39.3. The molecule has 0 saturated carbocycles. The molecule has 0 saturated heterocycles. The predicted molar refractivity (Wildman–Crippen MR) is 578 cm³/mol. The van der Waals surface area contributed by atoms with Crippen LogP contribution in [-0.4, -0.2) is 28.7 Å². The predicted octanol–water partition coefficient (Wildman–Crippen LogP) is 27.8. The molecule has 23 aromatic rings. The van der Waals surface area contributed by atoms with Gasteiger partial charge in [0.15, 0.2) is 21.4 Å². The van der Waals surface area contributed by atoms with Crippen LogP contribution in [0.4, 0.5) is 0 Å². The van der Waals surface area contributed by atoms with Crippen LogP contribution in [0.15, 0.2) is 489 Å². The molecule has 139 heavy (non-hydrogen) atoms. The van der Waals surface area contributed by atoms with E-state index in [1.807, 2.05) is 200 Å². The lowest BCUT2D eigenvalue weighted by Gasteiger charge is -2.37. The molecule has 20 aromatic carbocycles. The molecule has 4 atom stereocenters. The van der Waals surface area contributed by atoms with E-state index in [0.29, 0.717) is 0 Å². The van der Waals surface area contributed by atoms with E-state index in [9.17, 15) is 0 Å². The molecule has 0 amide bonds. The lowest BCUT2D eigenvalue weighted by atomic mass is 9.66. The standard InChI is InChI=1S/C45H27N2OP.C41H27N2OP.C41H25N2OP/c48-49(31-15-5-2-6-16-31)40-22-10-21-38-44(40)47(45(46-38)29-11-3-1-4-12-29)39-26-23-30(27-41(39)49)32-24-25-37-35-18-8-14-28-13-7-17-34(42(28)35)36-20-9-19-33(32)43(36)37;44-45(31-15-5-2-6-16-31)36-19-9-18-34-40(36)43(41(42-34)28-10-3-1-4-11-28)35-23-22-29(25-37(35)45)33-24-30-14-7-12-26-20-21-27-13-8-17-32(33)39(27)38(26)30;44-45(28-13-5-2-6-14-28)37-20-10-19-35-40(37)43(41(42-35)26-11-3-1-4-12-26)36-24-21-27(25-38(36)45)29-22-23-34-31-16-8-7-15-30(31)33-18-9-17-32(29)39(33)34/h1-27H;1-13,15-25,39H,14H2;1-25H. The maximum atomic E-state index is 16.0. The number of allylic oxidation sites excluding steroid dienone is 14. The van der Waals surface area contributed by atoms with Gasteiger partial charge in [-0.05, 0) is 217 Å². The summed E-state index contributed by atoms with van der Waals surface area (Å²) >= 11 is 0. The molecule has 5 aliphatic carbocycles. The van der Waals surface area contributed by atoms with E-state index in [1.165, 1.54) is 110 Å². The Morgan fingerprint density at radius 3 is 1.15 bits per heavy atom. The zero-order valence-corrected chi connectivity index (χ0v) is 77.6. The van der Waals surface area contributed by atoms with E-state index in [0.717, 1.165) is 166 Å². The molecule has 0 bridgehead atoms. The fraction of sp³-hybridized carbons (Fsp3) is 0.0157. The van der Waals surface area contributed by atoms with Crippen LogP contribution in [0.1, 0.15) is 12.0 Å². The van der Waals surface area contributed by atoms with E-state index in [4.69, 9.17) is 15.0 Å². The van der Waals surface area contributed by atoms with Gasteiger partial charge in [0.2, 0.25) is 0 Å². The summed E-state index contributed by atoms with van der Waals surface area (Å²) in [6.45, 7) is 0. The second kappa shape index (κ2) is 30.4. The van der Waals surface area contributed by atoms with Crippen LogP contribution in [0.5, 0.6) is 0 Å². The maximum absolute atomic E-state index is 16.0. The summed E-state index contributed by atoms with van der Waals surface area (Å²) in [4.78, 5) is 15.4. The highest BCUT2D eigenvalue weighted by molar-refractivity contribution is 7.87. The Morgan fingerprint density at radius 1 is 0.281 bits per heavy atom. The molecule has 0 radical (unpaired) electrons. The molecule has 31 rings (SSSR count). The summed E-state index contributed by atoms with van der Waals surface area (Å²) < 4.78 is 54.5. The number of para-hydroxylation sites is 3. The van der Waals surface area contributed by atoms with E-state index in [1.54, 1.807) is 0 Å². The van der Waals surface area contributed by atoms with Crippen molar-refractivity contribution in [1.29, 1.82) is 0 Å². The Bertz CT molecular complexity index is 9680. The van der Waals surface area contributed by atoms with Gasteiger partial charge in [0.25, 0.3) is 0 Å². The van der Waals surface area contributed by atoms with Crippen LogP contribution >= 0.6 is 21.4 Å². The summed E-state index contributed by atoms with van der Waals surface area (Å²) in [6, 6.07) is 143. The van der Waals surface area contributed by atoms with Crippen LogP contribution in [0.3, 0.4) is 0 Å². The van der Waals surface area contributed by atoms with Crippen molar-refractivity contribution in [3.63, 3.8) is 0 Å². The zero-order chi connectivity index (χ0) is 91.7. The van der Waals surface area contributed by atoms with Gasteiger partial charge in [-0.2, -0.15) is 0 Å². The zero-order valence-electron chi connectivity index (χ0n) is 74.9. The van der Waals surface area contributed by atoms with E-state index in [-0.39, 0.29) is 5.92 Å². The van der Waals surface area contributed by atoms with E-state index >= 15 is 13.7 Å². The lowest BCUT2D eigenvalue weighted by Crippen LogP contribution is -2.33. The van der Waals surface area contributed by atoms with Crippen molar-refractivity contribution in [2.24, 2.45) is 5.92 Å². The Morgan fingerprint density at radius 2 is 0.662 bits per heavy atom. The topological polar surface area (TPSA) is 105 Å². The number of aromatic nitrogens is 6. The average Bonchev–Trinajstić information content (AvgIpc) is 1.63. The Labute approximate surface area is 800 Å². The lowest BCUT2D eigenvalue weighted by molar-refractivity contribution is 0.591. The van der Waals surface area contributed by atoms with Crippen molar-refractivity contribution in [3.05, 3.63) is 495 Å². The smallest absolute Gasteiger partial charge is 0.175 e. The molecule has 4 unspecified atom stereocenters. The van der Waals surface area contributed by atoms with Gasteiger partial charge in [0.1, 0.15) is 17.5 Å². The van der Waals surface area contributed by atoms with Gasteiger partial charge in [0.05, 0.1) is 50.2 Å². The van der Waals surface area contributed by atoms with Gasteiger partial charge in [-0.25, -0.2) is 15.0 Å². The fourth-order valence-electron chi connectivity index (χ4n) is 24.0. The van der Waals surface area contributed by atoms with Gasteiger partial charge in [-0.15, -0.1) is 0 Å². The molecule has 650 valence electrons. The number of benzene rings is 20. The highest BCUT2D eigenvalue weighted by atomic mass is 31.2. The van der Waals surface area contributed by atoms with Crippen LogP contribution in [0.25, 0.3) is 188 Å². The van der Waals surface area contributed by atoms with Crippen LogP contribution in [0.2, 0.25) is 0 Å². The first kappa shape index (κ1) is 79.6. The normalized spacial score (nSPS) is 17.7. The van der Waals surface area contributed by atoms with Gasteiger partial charge in [-0.1, -0.05) is 388 Å². The first-order valence-corrected chi connectivity index (χ1v) is 52.6. The minimum atomic E-state index is -3.30. The van der Waals surface area contributed by atoms with Gasteiger partial charge < -0.3 is 13.7 Å². The van der Waals surface area contributed by atoms with Crippen molar-refractivity contribution in [2.45, 2.75) is 6.42 Å². The summed E-state index contributed by atoms with van der Waals surface area (Å²) in [5.41, 5.74) is 29.7. The first-order valence-electron chi connectivity index (χ1n) is 47.4. The van der Waals surface area contributed by atoms with Crippen molar-refractivity contribution in [2.75, 3.05) is 0 Å². The molecular formula is C127H79N6O3P3. The number of fused-ring (bicyclic) bond motifs is 11. The second-order valence-corrected chi connectivity index (χ2v) is 45.2. The Kier molecular flexibility index (Phi) is 17.4. The summed E-state index contributed by atoms with van der Waals surface area (Å²) in [7, 11) is -9.82. The SMILES string of the molecule is O=P1(c2ccccc2)c2cc(-c3ccc4c5c(cccc35)-c3ccccc3-4)ccc2-n2c(-c3ccccc3)nc3cccc1c32.O=P1(c2ccccc2)c2cc(-c3ccc4c5cccc6cccc(c7cccc3c74)c65)ccc2-n2c(-c3ccccc3)nc3cccc1c32.O=P1(c2ccccc2)c2cc(C3=C4C=CC=C5C=CC6=C(C(=C3)CC=C6)C54)ccc2-n2c(-c3ccccc3)nc3cccc1c32. The Hall–Kier alpha value is -16.8. The molecule has 0 fully saturated rings. The molecule has 0 spiro atoms. The number of nitrogens with zero attached hydrogens (tertiary/aromatic N) is 6. The minimum absolute atomic E-state index is 0.227. The summed E-state index contributed by atoms with van der Waals surface area (Å²) in [5, 5.41) is 20.2. The molecule has 9 nitrogen and oxygen atoms in total. The molecule has 6 heterocycles. The Balaban J connectivity index is 0.000000100. The van der Waals surface area contributed by atoms with Gasteiger partial charge in [-0.3, -0.25) is 13.7 Å². The fourth-order valence-corrected chi connectivity index (χ4v) is 33.1. The molecule has 3 aliphatic heterocycles. The van der Waals surface area contributed by atoms with Gasteiger partial charge >= 0.3 is 0 Å². The van der Waals surface area contributed by atoms with Crippen LogP contribution in [0, 0.1) is 5.92 Å². The van der Waals surface area contributed by atoms with Crippen LogP contribution in [-0.2, 0) is 13.7 Å². The number of hydrogen-bond donors (Lipinski definition) is 0. The van der Waals surface area contributed by atoms with Crippen LogP contribution < -0.4 is 47.7 Å². The van der Waals surface area contributed by atoms with Crippen molar-refractivity contribution < 1.29 is 13.7 Å². The maximum Gasteiger partial charge on any atom is 0.175 e. The molecule has 12 heteroatoms. The summed E-state index contributed by atoms with van der Waals surface area (Å²) in [5.74, 6) is 2.80. The minimum Gasteiger partial charge on any atom is -0.308 e. The van der Waals surface area contributed by atoms with Crippen molar-refractivity contribution in [1.82, 2.24) is 28.7 Å². The number of hydrogen-bond acceptors (Lipinski definition) is 6. The first-order chi connectivity index (χ1) is 68.6.